The Balaban J connectivity index is 1.44. The number of hydrogen-bond acceptors (Lipinski definition) is 5. The first-order chi connectivity index (χ1) is 14.1. The summed E-state index contributed by atoms with van der Waals surface area (Å²) in [4.78, 5) is 28.8. The third-order valence-electron chi connectivity index (χ3n) is 4.42. The van der Waals surface area contributed by atoms with Crippen LogP contribution in [0.4, 0.5) is 11.4 Å². The van der Waals surface area contributed by atoms with Crippen LogP contribution in [-0.4, -0.2) is 39.2 Å². The van der Waals surface area contributed by atoms with Gasteiger partial charge in [0, 0.05) is 16.8 Å². The first-order valence-electron chi connectivity index (χ1n) is 9.18. The maximum atomic E-state index is 12.5. The van der Waals surface area contributed by atoms with Crippen LogP contribution in [0.25, 0.3) is 5.69 Å². The number of rotatable bonds is 7. The Kier molecular flexibility index (Phi) is 5.44. The maximum absolute atomic E-state index is 12.5. The molecule has 4 rings (SSSR count). The van der Waals surface area contributed by atoms with Crippen molar-refractivity contribution in [3.05, 3.63) is 65.7 Å². The fourth-order valence-corrected chi connectivity index (χ4v) is 3.01. The van der Waals surface area contributed by atoms with E-state index < -0.39 is 0 Å². The average molecular weight is 411 g/mol. The van der Waals surface area contributed by atoms with Gasteiger partial charge in [0.25, 0.3) is 5.91 Å². The van der Waals surface area contributed by atoms with Crippen molar-refractivity contribution in [3.63, 3.8) is 0 Å². The second kappa shape index (κ2) is 8.32. The Morgan fingerprint density at radius 1 is 1.14 bits per heavy atom. The lowest BCUT2D eigenvalue weighted by atomic mass is 10.1. The molecule has 1 aromatic heterocycles. The van der Waals surface area contributed by atoms with Crippen molar-refractivity contribution in [3.8, 4) is 5.69 Å². The summed E-state index contributed by atoms with van der Waals surface area (Å²) in [6, 6.07) is 12.5. The number of carbonyl (C=O) groups excluding carboxylic acids is 2. The van der Waals surface area contributed by atoms with Crippen LogP contribution in [0.3, 0.4) is 0 Å². The van der Waals surface area contributed by atoms with Crippen molar-refractivity contribution < 1.29 is 9.59 Å². The molecule has 29 heavy (non-hydrogen) atoms. The third-order valence-corrected chi connectivity index (χ3v) is 4.66. The van der Waals surface area contributed by atoms with Crippen LogP contribution in [-0.2, 0) is 4.79 Å². The van der Waals surface area contributed by atoms with E-state index in [1.54, 1.807) is 36.4 Å². The summed E-state index contributed by atoms with van der Waals surface area (Å²) in [5.74, 6) is -0.426. The van der Waals surface area contributed by atoms with Gasteiger partial charge in [-0.1, -0.05) is 23.7 Å². The van der Waals surface area contributed by atoms with E-state index in [4.69, 9.17) is 11.6 Å². The highest BCUT2D eigenvalue weighted by atomic mass is 35.5. The number of benzene rings is 2. The Morgan fingerprint density at radius 2 is 1.97 bits per heavy atom. The van der Waals surface area contributed by atoms with Gasteiger partial charge in [0.2, 0.25) is 5.91 Å². The van der Waals surface area contributed by atoms with Crippen molar-refractivity contribution in [2.45, 2.75) is 18.9 Å². The molecule has 0 atom stereocenters. The number of nitrogens with one attached hydrogen (secondary N) is 3. The highest BCUT2D eigenvalue weighted by molar-refractivity contribution is 6.31. The Morgan fingerprint density at radius 3 is 2.72 bits per heavy atom. The zero-order chi connectivity index (χ0) is 20.2. The number of halogens is 1. The van der Waals surface area contributed by atoms with Crippen molar-refractivity contribution in [2.75, 3.05) is 17.2 Å². The van der Waals surface area contributed by atoms with Crippen molar-refractivity contribution in [1.29, 1.82) is 0 Å². The molecule has 148 valence electrons. The molecule has 0 aliphatic heterocycles. The largest absolute Gasteiger partial charge is 0.376 e. The van der Waals surface area contributed by atoms with Crippen molar-refractivity contribution in [1.82, 2.24) is 20.1 Å². The van der Waals surface area contributed by atoms with Gasteiger partial charge in [-0.05, 0) is 43.2 Å². The molecule has 1 aliphatic carbocycles. The molecule has 3 N–H and O–H groups in total. The number of para-hydroxylation sites is 1. The number of nitrogens with zero attached hydrogens (tertiary/aromatic N) is 3. The SMILES string of the molecule is O=C(CNc1ccccc1C(=O)NC1CC1)Nc1cc(Cl)ccc1-n1cncn1. The predicted molar refractivity (Wildman–Crippen MR) is 110 cm³/mol. The Bertz CT molecular complexity index is 1030. The third kappa shape index (κ3) is 4.72. The number of anilines is 2. The fraction of sp³-hybridized carbons (Fsp3) is 0.200. The molecule has 0 unspecified atom stereocenters. The quantitative estimate of drug-likeness (QED) is 0.556. The second-order valence-corrected chi connectivity index (χ2v) is 7.13. The zero-order valence-electron chi connectivity index (χ0n) is 15.4. The molecule has 1 fully saturated rings. The average Bonchev–Trinajstić information content (AvgIpc) is 3.36. The van der Waals surface area contributed by atoms with Gasteiger partial charge in [0.05, 0.1) is 23.5 Å². The van der Waals surface area contributed by atoms with Gasteiger partial charge in [0.15, 0.2) is 0 Å². The van der Waals surface area contributed by atoms with Crippen LogP contribution in [0.2, 0.25) is 5.02 Å². The van der Waals surface area contributed by atoms with E-state index in [0.717, 1.165) is 12.8 Å². The van der Waals surface area contributed by atoms with E-state index in [1.165, 1.54) is 17.3 Å². The van der Waals surface area contributed by atoms with E-state index in [1.807, 2.05) is 6.07 Å². The topological polar surface area (TPSA) is 101 Å². The number of amides is 2. The molecule has 0 spiro atoms. The summed E-state index contributed by atoms with van der Waals surface area (Å²) in [6.07, 6.45) is 4.96. The summed E-state index contributed by atoms with van der Waals surface area (Å²) < 4.78 is 1.54. The molecule has 9 heteroatoms. The molecule has 1 heterocycles. The lowest BCUT2D eigenvalue weighted by Gasteiger charge is -2.14. The van der Waals surface area contributed by atoms with Crippen molar-refractivity contribution in [2.24, 2.45) is 0 Å². The predicted octanol–water partition coefficient (Wildman–Crippen LogP) is 2.86. The maximum Gasteiger partial charge on any atom is 0.253 e. The molecule has 2 aromatic carbocycles. The molecule has 3 aromatic rings. The van der Waals surface area contributed by atoms with Gasteiger partial charge in [-0.15, -0.1) is 0 Å². The fourth-order valence-electron chi connectivity index (χ4n) is 2.84. The second-order valence-electron chi connectivity index (χ2n) is 6.70. The Labute approximate surface area is 172 Å². The van der Waals surface area contributed by atoms with Crippen LogP contribution in [0, 0.1) is 0 Å². The lowest BCUT2D eigenvalue weighted by molar-refractivity contribution is -0.114. The van der Waals surface area contributed by atoms with Gasteiger partial charge in [-0.2, -0.15) is 5.10 Å². The van der Waals surface area contributed by atoms with Crippen molar-refractivity contribution >= 4 is 34.8 Å². The summed E-state index contributed by atoms with van der Waals surface area (Å²) in [5, 5.41) is 13.4. The number of carbonyl (C=O) groups is 2. The number of aromatic nitrogens is 3. The minimum atomic E-state index is -0.286. The zero-order valence-corrected chi connectivity index (χ0v) is 16.2. The molecule has 1 saturated carbocycles. The van der Waals surface area contributed by atoms with Crippen LogP contribution >= 0.6 is 11.6 Å². The van der Waals surface area contributed by atoms with Gasteiger partial charge in [-0.25, -0.2) is 9.67 Å². The molecule has 2 amide bonds. The van der Waals surface area contributed by atoms with E-state index in [0.29, 0.717) is 27.6 Å². The van der Waals surface area contributed by atoms with Gasteiger partial charge >= 0.3 is 0 Å². The minimum absolute atomic E-state index is 0.0168. The molecular formula is C20H19ClN6O2. The van der Waals surface area contributed by atoms with Crippen LogP contribution in [0.5, 0.6) is 0 Å². The summed E-state index contributed by atoms with van der Waals surface area (Å²) in [6.45, 7) is -0.0168. The first kappa shape index (κ1) is 18.9. The van der Waals surface area contributed by atoms with E-state index >= 15 is 0 Å². The van der Waals surface area contributed by atoms with Gasteiger partial charge in [0.1, 0.15) is 12.7 Å². The monoisotopic (exact) mass is 410 g/mol. The molecule has 0 saturated heterocycles. The molecule has 0 bridgehead atoms. The standard InChI is InChI=1S/C20H19ClN6O2/c21-13-5-8-18(27-12-22-11-24-27)17(9-13)26-19(28)10-23-16-4-2-1-3-15(16)20(29)25-14-6-7-14/h1-5,8-9,11-12,14,23H,6-7,10H2,(H,25,29)(H,26,28). The van der Waals surface area contributed by atoms with Crippen LogP contribution in [0.1, 0.15) is 23.2 Å². The molecule has 0 radical (unpaired) electrons. The van der Waals surface area contributed by atoms with E-state index in [2.05, 4.69) is 26.0 Å². The molecular weight excluding hydrogens is 392 g/mol. The van der Waals surface area contributed by atoms with Crippen LogP contribution < -0.4 is 16.0 Å². The van der Waals surface area contributed by atoms with Gasteiger partial charge in [-0.3, -0.25) is 9.59 Å². The summed E-state index contributed by atoms with van der Waals surface area (Å²) in [7, 11) is 0. The highest BCUT2D eigenvalue weighted by Gasteiger charge is 2.24. The summed E-state index contributed by atoms with van der Waals surface area (Å²) in [5.41, 5.74) is 2.26. The highest BCUT2D eigenvalue weighted by Crippen LogP contribution is 2.24. The van der Waals surface area contributed by atoms with Gasteiger partial charge < -0.3 is 16.0 Å². The Hall–Kier alpha value is -3.39. The van der Waals surface area contributed by atoms with E-state index in [-0.39, 0.29) is 24.4 Å². The molecule has 1 aliphatic rings. The van der Waals surface area contributed by atoms with E-state index in [9.17, 15) is 9.59 Å². The normalized spacial score (nSPS) is 13.0. The van der Waals surface area contributed by atoms with Crippen LogP contribution in [0.15, 0.2) is 55.1 Å². The lowest BCUT2D eigenvalue weighted by Crippen LogP contribution is -2.27. The molecule has 8 nitrogen and oxygen atoms in total. The number of hydrogen-bond donors (Lipinski definition) is 3. The summed E-state index contributed by atoms with van der Waals surface area (Å²) >= 11 is 6.08. The first-order valence-corrected chi connectivity index (χ1v) is 9.56. The smallest absolute Gasteiger partial charge is 0.253 e. The minimum Gasteiger partial charge on any atom is -0.376 e.